The van der Waals surface area contributed by atoms with Gasteiger partial charge in [0, 0.05) is 12.3 Å². The van der Waals surface area contributed by atoms with Crippen molar-refractivity contribution < 1.29 is 32.9 Å². The van der Waals surface area contributed by atoms with E-state index in [0.717, 1.165) is 23.8 Å². The van der Waals surface area contributed by atoms with Crippen molar-refractivity contribution in [3.8, 4) is 0 Å². The topological polar surface area (TPSA) is 149 Å². The molecule has 30 heavy (non-hydrogen) atoms. The van der Waals surface area contributed by atoms with Gasteiger partial charge in [-0.3, -0.25) is 23.7 Å². The number of ether oxygens (including phenoxy) is 2. The zero-order valence-electron chi connectivity index (χ0n) is 17.1. The van der Waals surface area contributed by atoms with Gasteiger partial charge in [-0.1, -0.05) is 6.92 Å². The van der Waals surface area contributed by atoms with Crippen molar-refractivity contribution in [1.82, 2.24) is 14.6 Å². The van der Waals surface area contributed by atoms with Crippen LogP contribution in [-0.2, 0) is 23.4 Å². The Bertz CT molecular complexity index is 888. The van der Waals surface area contributed by atoms with Crippen LogP contribution in [0.2, 0.25) is 0 Å². The molecule has 1 aromatic rings. The van der Waals surface area contributed by atoms with Gasteiger partial charge in [0.15, 0.2) is 11.9 Å². The van der Waals surface area contributed by atoms with Crippen LogP contribution in [0.4, 0.5) is 4.39 Å². The van der Waals surface area contributed by atoms with Crippen LogP contribution in [0.1, 0.15) is 40.3 Å². The lowest BCUT2D eigenvalue weighted by molar-refractivity contribution is -0.149. The van der Waals surface area contributed by atoms with Crippen molar-refractivity contribution in [2.24, 2.45) is 0 Å². The Hall–Kier alpha value is -1.85. The molecule has 3 N–H and O–H groups in total. The maximum atomic E-state index is 15.1. The van der Waals surface area contributed by atoms with E-state index in [1.165, 1.54) is 6.92 Å². The molecule has 2 unspecified atom stereocenters. The number of aromatic amines is 1. The van der Waals surface area contributed by atoms with E-state index in [1.54, 1.807) is 6.92 Å². The first-order valence-corrected chi connectivity index (χ1v) is 10.8. The molecule has 1 aliphatic rings. The minimum absolute atomic E-state index is 0.289. The summed E-state index contributed by atoms with van der Waals surface area (Å²) in [6.07, 6.45) is -3.10. The van der Waals surface area contributed by atoms with Crippen LogP contribution in [0.5, 0.6) is 0 Å². The number of carbonyl (C=O) groups is 1. The molecule has 0 saturated carbocycles. The smallest absolute Gasteiger partial charge is 0.330 e. The number of hydrogen-bond acceptors (Lipinski definition) is 8. The molecular weight excluding hydrogens is 424 g/mol. The number of nitrogens with one attached hydrogen (secondary N) is 2. The summed E-state index contributed by atoms with van der Waals surface area (Å²) < 4.78 is 43.6. The number of aliphatic hydroxyl groups is 1. The van der Waals surface area contributed by atoms with E-state index in [1.807, 2.05) is 11.9 Å². The van der Waals surface area contributed by atoms with Gasteiger partial charge in [-0.15, -0.1) is 0 Å². The number of rotatable bonds is 9. The van der Waals surface area contributed by atoms with Gasteiger partial charge in [0.2, 0.25) is 0 Å². The molecule has 2 heterocycles. The first kappa shape index (κ1) is 24.4. The quantitative estimate of drug-likeness (QED) is 0.355. The Labute approximate surface area is 172 Å². The molecule has 1 fully saturated rings. The van der Waals surface area contributed by atoms with Crippen molar-refractivity contribution in [1.29, 1.82) is 0 Å². The number of H-pyrrole nitrogens is 1. The number of alkyl halides is 1. The second-order valence-electron chi connectivity index (χ2n) is 7.26. The van der Waals surface area contributed by atoms with Gasteiger partial charge in [0.1, 0.15) is 18.2 Å². The molecule has 170 valence electrons. The third-order valence-corrected chi connectivity index (χ3v) is 5.88. The summed E-state index contributed by atoms with van der Waals surface area (Å²) in [5.74, 6) is -0.600. The third-order valence-electron chi connectivity index (χ3n) is 4.78. The molecule has 1 saturated heterocycles. The summed E-state index contributed by atoms with van der Waals surface area (Å²) in [5, 5.41) is 12.7. The summed E-state index contributed by atoms with van der Waals surface area (Å²) >= 11 is 0. The number of halogens is 1. The molecule has 7 atom stereocenters. The molecule has 0 bridgehead atoms. The molecular formula is C17H27FN3O8P. The average molecular weight is 451 g/mol. The van der Waals surface area contributed by atoms with Gasteiger partial charge in [0.05, 0.1) is 12.7 Å². The van der Waals surface area contributed by atoms with E-state index in [0.29, 0.717) is 6.42 Å². The van der Waals surface area contributed by atoms with Crippen molar-refractivity contribution in [3.63, 3.8) is 0 Å². The zero-order valence-corrected chi connectivity index (χ0v) is 18.1. The summed E-state index contributed by atoms with van der Waals surface area (Å²) in [7, 11) is -2.95. The van der Waals surface area contributed by atoms with Crippen LogP contribution in [0.15, 0.2) is 21.9 Å². The highest BCUT2D eigenvalue weighted by atomic mass is 31.1. The largest absolute Gasteiger partial charge is 0.462 e. The zero-order chi connectivity index (χ0) is 22.6. The summed E-state index contributed by atoms with van der Waals surface area (Å²) in [5.41, 5.74) is -3.97. The monoisotopic (exact) mass is 451 g/mol. The van der Waals surface area contributed by atoms with Gasteiger partial charge in [-0.2, -0.15) is 0 Å². The highest BCUT2D eigenvalue weighted by Crippen LogP contribution is 2.41. The van der Waals surface area contributed by atoms with E-state index in [9.17, 15) is 24.1 Å². The number of carbonyl (C=O) groups excluding carboxylic acids is 1. The number of hydrogen-bond donors (Lipinski definition) is 3. The lowest BCUT2D eigenvalue weighted by Gasteiger charge is -2.24. The highest BCUT2D eigenvalue weighted by Gasteiger charge is 2.55. The van der Waals surface area contributed by atoms with Crippen LogP contribution in [0, 0.1) is 0 Å². The molecule has 0 aromatic carbocycles. The normalized spacial score (nSPS) is 29.3. The van der Waals surface area contributed by atoms with Crippen LogP contribution in [0.3, 0.4) is 0 Å². The Morgan fingerprint density at radius 1 is 1.50 bits per heavy atom. The lowest BCUT2D eigenvalue weighted by Crippen LogP contribution is -2.43. The predicted octanol–water partition coefficient (Wildman–Crippen LogP) is 0.249. The van der Waals surface area contributed by atoms with Crippen LogP contribution < -0.4 is 16.3 Å². The predicted molar refractivity (Wildman–Crippen MR) is 104 cm³/mol. The van der Waals surface area contributed by atoms with Gasteiger partial charge in [-0.05, 0) is 27.2 Å². The highest BCUT2D eigenvalue weighted by molar-refractivity contribution is 7.36. The number of nitrogens with zero attached hydrogens (tertiary/aromatic N) is 1. The fraction of sp³-hybridized carbons (Fsp3) is 0.706. The maximum Gasteiger partial charge on any atom is 0.330 e. The maximum absolute atomic E-state index is 15.1. The molecule has 0 amide bonds. The SMILES string of the molecule is CCC(C)OC(=O)[C@H](C)N[PH](=O)OC[C@H]1O[C@@H](n2ccc(=O)[nH]c2=O)[C@](C)(F)[C@@H]1O. The Kier molecular flexibility index (Phi) is 8.12. The average Bonchev–Trinajstić information content (AvgIpc) is 2.89. The Morgan fingerprint density at radius 2 is 2.17 bits per heavy atom. The molecule has 0 spiro atoms. The molecule has 1 aromatic heterocycles. The van der Waals surface area contributed by atoms with Gasteiger partial charge >= 0.3 is 11.7 Å². The number of aromatic nitrogens is 2. The van der Waals surface area contributed by atoms with Crippen LogP contribution in [-0.4, -0.2) is 57.3 Å². The minimum Gasteiger partial charge on any atom is -0.462 e. The fourth-order valence-electron chi connectivity index (χ4n) is 2.78. The van der Waals surface area contributed by atoms with E-state index in [4.69, 9.17) is 14.0 Å². The summed E-state index contributed by atoms with van der Waals surface area (Å²) in [6, 6.07) is 0.110. The van der Waals surface area contributed by atoms with Crippen molar-refractivity contribution in [2.75, 3.05) is 6.61 Å². The van der Waals surface area contributed by atoms with Gasteiger partial charge in [0.25, 0.3) is 13.7 Å². The molecule has 13 heteroatoms. The first-order valence-electron chi connectivity index (χ1n) is 9.45. The van der Waals surface area contributed by atoms with Crippen molar-refractivity contribution in [2.45, 2.75) is 70.4 Å². The van der Waals surface area contributed by atoms with Crippen molar-refractivity contribution >= 4 is 14.1 Å². The second-order valence-corrected chi connectivity index (χ2v) is 8.41. The summed E-state index contributed by atoms with van der Waals surface area (Å²) in [6.45, 7) is 5.60. The fourth-order valence-corrected chi connectivity index (χ4v) is 3.65. The molecule has 0 aliphatic carbocycles. The van der Waals surface area contributed by atoms with E-state index in [-0.39, 0.29) is 6.10 Å². The van der Waals surface area contributed by atoms with E-state index in [2.05, 4.69) is 5.09 Å². The number of esters is 1. The van der Waals surface area contributed by atoms with E-state index < -0.39 is 62.2 Å². The van der Waals surface area contributed by atoms with Gasteiger partial charge in [-0.25, -0.2) is 14.3 Å². The lowest BCUT2D eigenvalue weighted by atomic mass is 9.98. The van der Waals surface area contributed by atoms with Crippen LogP contribution >= 0.6 is 8.18 Å². The van der Waals surface area contributed by atoms with Crippen LogP contribution in [0.25, 0.3) is 0 Å². The molecule has 11 nitrogen and oxygen atoms in total. The molecule has 2 rings (SSSR count). The first-order chi connectivity index (χ1) is 14.0. The van der Waals surface area contributed by atoms with Crippen molar-refractivity contribution in [3.05, 3.63) is 33.1 Å². The molecule has 1 aliphatic heterocycles. The number of aliphatic hydroxyl groups excluding tert-OH is 1. The molecule has 0 radical (unpaired) electrons. The second kappa shape index (κ2) is 9.97. The standard InChI is InChI=1S/C17H27FN3O8P/c1-5-9(2)28-14(24)10(3)20-30(26)27-8-11-13(23)17(4,18)15(29-11)21-7-6-12(22)19-16(21)25/h6-7,9-11,13,15,23,30H,5,8H2,1-4H3,(H,20,26)(H,19,22,25)/t9?,10-,11+,13+,15+,17+/m0/s1. The van der Waals surface area contributed by atoms with E-state index >= 15 is 4.39 Å². The van der Waals surface area contributed by atoms with Gasteiger partial charge < -0.3 is 19.1 Å². The Morgan fingerprint density at radius 3 is 2.77 bits per heavy atom. The third kappa shape index (κ3) is 5.64. The summed E-state index contributed by atoms with van der Waals surface area (Å²) in [4.78, 5) is 37.0. The minimum atomic E-state index is -2.95. The Balaban J connectivity index is 1.97.